The molecule has 1 saturated heterocycles. The fraction of sp³-hybridized carbons (Fsp3) is 0.455. The van der Waals surface area contributed by atoms with Crippen LogP contribution in [0.4, 0.5) is 0 Å². The summed E-state index contributed by atoms with van der Waals surface area (Å²) < 4.78 is 11.8. The van der Waals surface area contributed by atoms with Gasteiger partial charge in [0.05, 0.1) is 31.9 Å². The number of rotatable bonds is 9. The molecule has 166 valence electrons. The Kier molecular flexibility index (Phi) is 7.31. The van der Waals surface area contributed by atoms with Crippen LogP contribution < -0.4 is 5.76 Å². The summed E-state index contributed by atoms with van der Waals surface area (Å²) in [5.41, 5.74) is 0.777. The fourth-order valence-corrected chi connectivity index (χ4v) is 4.83. The van der Waals surface area contributed by atoms with Crippen molar-refractivity contribution >= 4 is 11.3 Å². The van der Waals surface area contributed by atoms with Gasteiger partial charge in [0, 0.05) is 36.6 Å². The quantitative estimate of drug-likeness (QED) is 0.540. The number of aliphatic hydroxyl groups excluding tert-OH is 1. The van der Waals surface area contributed by atoms with Crippen LogP contribution in [-0.2, 0) is 11.3 Å². The highest BCUT2D eigenvalue weighted by molar-refractivity contribution is 7.10. The van der Waals surface area contributed by atoms with Gasteiger partial charge in [-0.25, -0.2) is 4.79 Å². The van der Waals surface area contributed by atoms with Crippen LogP contribution >= 0.6 is 11.3 Å². The molecule has 31 heavy (non-hydrogen) atoms. The summed E-state index contributed by atoms with van der Waals surface area (Å²) in [5, 5.41) is 16.7. The van der Waals surface area contributed by atoms with E-state index in [0.29, 0.717) is 12.4 Å². The van der Waals surface area contributed by atoms with Crippen molar-refractivity contribution in [1.82, 2.24) is 19.5 Å². The van der Waals surface area contributed by atoms with Gasteiger partial charge >= 0.3 is 5.76 Å². The molecule has 9 heteroatoms. The van der Waals surface area contributed by atoms with Gasteiger partial charge in [-0.3, -0.25) is 14.0 Å². The predicted octanol–water partition coefficient (Wildman–Crippen LogP) is 1.93. The average Bonchev–Trinajstić information content (AvgIpc) is 3.44. The number of thiophene rings is 1. The number of nitrogens with zero attached hydrogens (tertiary/aromatic N) is 4. The number of hydrogen-bond donors (Lipinski definition) is 1. The van der Waals surface area contributed by atoms with Gasteiger partial charge in [-0.1, -0.05) is 41.6 Å². The van der Waals surface area contributed by atoms with Crippen molar-refractivity contribution in [3.05, 3.63) is 63.3 Å². The van der Waals surface area contributed by atoms with Crippen LogP contribution in [0.3, 0.4) is 0 Å². The van der Waals surface area contributed by atoms with Gasteiger partial charge in [-0.15, -0.1) is 11.3 Å². The molecule has 0 aliphatic carbocycles. The number of benzene rings is 1. The van der Waals surface area contributed by atoms with E-state index in [1.807, 2.05) is 37.4 Å². The molecule has 0 amide bonds. The second-order valence-corrected chi connectivity index (χ2v) is 8.78. The van der Waals surface area contributed by atoms with Crippen LogP contribution in [-0.4, -0.2) is 77.2 Å². The Morgan fingerprint density at radius 3 is 2.65 bits per heavy atom. The Hall–Kier alpha value is -2.30. The summed E-state index contributed by atoms with van der Waals surface area (Å²) >= 11 is 1.75. The van der Waals surface area contributed by atoms with Crippen LogP contribution in [0.25, 0.3) is 11.4 Å². The topological polar surface area (TPSA) is 84.0 Å². The van der Waals surface area contributed by atoms with Crippen molar-refractivity contribution in [3.8, 4) is 11.4 Å². The Morgan fingerprint density at radius 1 is 1.16 bits per heavy atom. The zero-order valence-corrected chi connectivity index (χ0v) is 18.4. The second kappa shape index (κ2) is 10.3. The Labute approximate surface area is 185 Å². The first-order valence-corrected chi connectivity index (χ1v) is 11.3. The lowest BCUT2D eigenvalue weighted by Crippen LogP contribution is -2.44. The molecule has 1 aliphatic heterocycles. The highest BCUT2D eigenvalue weighted by Gasteiger charge is 2.26. The van der Waals surface area contributed by atoms with Crippen LogP contribution in [0.15, 0.2) is 57.2 Å². The molecule has 8 nitrogen and oxygen atoms in total. The first-order chi connectivity index (χ1) is 15.1. The zero-order valence-electron chi connectivity index (χ0n) is 17.6. The highest BCUT2D eigenvalue weighted by atomic mass is 32.1. The smallest absolute Gasteiger partial charge is 0.390 e. The van der Waals surface area contributed by atoms with E-state index in [9.17, 15) is 9.90 Å². The second-order valence-electron chi connectivity index (χ2n) is 7.80. The van der Waals surface area contributed by atoms with E-state index < -0.39 is 11.9 Å². The lowest BCUT2D eigenvalue weighted by atomic mass is 10.1. The van der Waals surface area contributed by atoms with Crippen molar-refractivity contribution in [2.24, 2.45) is 0 Å². The molecule has 0 saturated carbocycles. The summed E-state index contributed by atoms with van der Waals surface area (Å²) in [5.74, 6) is -0.137. The summed E-state index contributed by atoms with van der Waals surface area (Å²) in [6.45, 7) is 4.61. The SMILES string of the molecule is CN(CC(O)Cn1c(-c2ccccc2)noc1=O)CC(c1cccs1)N1CCOCC1. The maximum Gasteiger partial charge on any atom is 0.441 e. The lowest BCUT2D eigenvalue weighted by molar-refractivity contribution is 0.00638. The summed E-state index contributed by atoms with van der Waals surface area (Å²) in [6, 6.07) is 13.9. The molecular formula is C22H28N4O4S. The predicted molar refractivity (Wildman–Crippen MR) is 119 cm³/mol. The molecular weight excluding hydrogens is 416 g/mol. The minimum absolute atomic E-state index is 0.123. The van der Waals surface area contributed by atoms with Crippen molar-refractivity contribution in [2.45, 2.75) is 18.7 Å². The monoisotopic (exact) mass is 444 g/mol. The van der Waals surface area contributed by atoms with E-state index in [2.05, 4.69) is 32.5 Å². The van der Waals surface area contributed by atoms with Gasteiger partial charge in [0.15, 0.2) is 5.82 Å². The number of likely N-dealkylation sites (N-methyl/N-ethyl adjacent to an activating group) is 1. The van der Waals surface area contributed by atoms with Crippen molar-refractivity contribution in [3.63, 3.8) is 0 Å². The minimum atomic E-state index is -0.738. The molecule has 4 rings (SSSR count). The van der Waals surface area contributed by atoms with E-state index in [1.165, 1.54) is 9.44 Å². The van der Waals surface area contributed by atoms with E-state index >= 15 is 0 Å². The number of morpholine rings is 1. The molecule has 1 fully saturated rings. The fourth-order valence-electron chi connectivity index (χ4n) is 3.98. The molecule has 2 unspecified atom stereocenters. The van der Waals surface area contributed by atoms with Crippen LogP contribution in [0.1, 0.15) is 10.9 Å². The van der Waals surface area contributed by atoms with Crippen molar-refractivity contribution < 1.29 is 14.4 Å². The van der Waals surface area contributed by atoms with Crippen LogP contribution in [0.5, 0.6) is 0 Å². The summed E-state index contributed by atoms with van der Waals surface area (Å²) in [7, 11) is 2.00. The molecule has 0 bridgehead atoms. The normalized spacial score (nSPS) is 17.1. The van der Waals surface area contributed by atoms with E-state index in [4.69, 9.17) is 9.26 Å². The molecule has 3 aromatic rings. The van der Waals surface area contributed by atoms with E-state index in [0.717, 1.165) is 38.4 Å². The molecule has 0 radical (unpaired) electrons. The van der Waals surface area contributed by atoms with Gasteiger partial charge in [0.25, 0.3) is 0 Å². The van der Waals surface area contributed by atoms with Gasteiger partial charge in [-0.05, 0) is 18.5 Å². The van der Waals surface area contributed by atoms with E-state index in [1.54, 1.807) is 11.3 Å². The molecule has 2 atom stereocenters. The number of aromatic nitrogens is 2. The highest BCUT2D eigenvalue weighted by Crippen LogP contribution is 2.27. The molecule has 1 N–H and O–H groups in total. The van der Waals surface area contributed by atoms with Crippen molar-refractivity contribution in [2.75, 3.05) is 46.4 Å². The third kappa shape index (κ3) is 5.50. The number of ether oxygens (including phenoxy) is 1. The standard InChI is InChI=1S/C22H28N4O4S/c1-24(16-19(20-8-5-13-31-20)25-9-11-29-12-10-25)14-18(27)15-26-21(23-30-22(26)28)17-6-3-2-4-7-17/h2-8,13,18-19,27H,9-12,14-16H2,1H3. The van der Waals surface area contributed by atoms with Gasteiger partial charge in [-0.2, -0.15) is 0 Å². The lowest BCUT2D eigenvalue weighted by Gasteiger charge is -2.36. The third-order valence-electron chi connectivity index (χ3n) is 5.48. The first kappa shape index (κ1) is 21.9. The molecule has 1 aromatic carbocycles. The Bertz CT molecular complexity index is 983. The third-order valence-corrected chi connectivity index (χ3v) is 6.45. The first-order valence-electron chi connectivity index (χ1n) is 10.5. The largest absolute Gasteiger partial charge is 0.441 e. The maximum absolute atomic E-state index is 12.2. The number of hydrogen-bond acceptors (Lipinski definition) is 8. The molecule has 2 aromatic heterocycles. The Morgan fingerprint density at radius 2 is 1.94 bits per heavy atom. The zero-order chi connectivity index (χ0) is 21.6. The van der Waals surface area contributed by atoms with E-state index in [-0.39, 0.29) is 12.6 Å². The van der Waals surface area contributed by atoms with Gasteiger partial charge in [0.2, 0.25) is 0 Å². The van der Waals surface area contributed by atoms with Gasteiger partial charge < -0.3 is 14.7 Å². The van der Waals surface area contributed by atoms with Crippen LogP contribution in [0, 0.1) is 0 Å². The minimum Gasteiger partial charge on any atom is -0.390 e. The maximum atomic E-state index is 12.2. The van der Waals surface area contributed by atoms with Gasteiger partial charge in [0.1, 0.15) is 0 Å². The van der Waals surface area contributed by atoms with Crippen molar-refractivity contribution in [1.29, 1.82) is 0 Å². The summed E-state index contributed by atoms with van der Waals surface area (Å²) in [6.07, 6.45) is -0.738. The molecule has 0 spiro atoms. The van der Waals surface area contributed by atoms with Crippen LogP contribution in [0.2, 0.25) is 0 Å². The summed E-state index contributed by atoms with van der Waals surface area (Å²) in [4.78, 5) is 18.0. The molecule has 3 heterocycles. The number of aliphatic hydroxyl groups is 1. The Balaban J connectivity index is 1.41. The molecule has 1 aliphatic rings. The average molecular weight is 445 g/mol.